The van der Waals surface area contributed by atoms with Crippen molar-refractivity contribution in [2.45, 2.75) is 96.3 Å². The van der Waals surface area contributed by atoms with Gasteiger partial charge in [-0.1, -0.05) is 58.2 Å². The number of nitrogens with zero attached hydrogens (tertiary/aromatic N) is 5. The Morgan fingerprint density at radius 1 is 0.981 bits per heavy atom. The van der Waals surface area contributed by atoms with Gasteiger partial charge in [0.05, 0.1) is 22.8 Å². The van der Waals surface area contributed by atoms with Crippen LogP contribution in [-0.2, 0) is 28.0 Å². The minimum absolute atomic E-state index is 0.0456. The number of benzene rings is 2. The molecule has 292 valence electrons. The first-order valence-electron chi connectivity index (χ1n) is 18.0. The lowest BCUT2D eigenvalue weighted by Gasteiger charge is -2.36. The predicted octanol–water partition coefficient (Wildman–Crippen LogP) is 9.30. The minimum atomic E-state index is -5.02. The van der Waals surface area contributed by atoms with Crippen molar-refractivity contribution < 1.29 is 30.8 Å². The number of ether oxygens (including phenoxy) is 1. The second-order valence-electron chi connectivity index (χ2n) is 15.1. The van der Waals surface area contributed by atoms with Gasteiger partial charge in [-0.3, -0.25) is 14.1 Å². The molecule has 2 aromatic carbocycles. The van der Waals surface area contributed by atoms with Crippen LogP contribution in [0, 0.1) is 5.82 Å². The molecule has 0 aliphatic rings. The van der Waals surface area contributed by atoms with E-state index in [2.05, 4.69) is 43.9 Å². The van der Waals surface area contributed by atoms with Gasteiger partial charge in [0.2, 0.25) is 0 Å². The molecular weight excluding hydrogens is 736 g/mol. The molecule has 0 radical (unpaired) electrons. The largest absolute Gasteiger partial charge is 0.484 e. The Morgan fingerprint density at radius 3 is 2.35 bits per heavy atom. The summed E-state index contributed by atoms with van der Waals surface area (Å²) in [5.74, 6) is -3.95. The summed E-state index contributed by atoms with van der Waals surface area (Å²) in [7, 11) is -4.96. The van der Waals surface area contributed by atoms with Crippen LogP contribution in [0.2, 0.25) is 18.1 Å². The number of alkyl halides is 2. The third kappa shape index (κ3) is 9.44. The molecule has 54 heavy (non-hydrogen) atoms. The molecule has 0 unspecified atom stereocenters. The fraction of sp³-hybridized carbons (Fsp3) is 0.447. The lowest BCUT2D eigenvalue weighted by atomic mass is 10.0. The van der Waals surface area contributed by atoms with Gasteiger partial charge in [-0.2, -0.15) is 19.0 Å². The smallest absolute Gasteiger partial charge is 0.355 e. The Labute approximate surface area is 316 Å². The van der Waals surface area contributed by atoms with Crippen LogP contribution >= 0.6 is 0 Å². The van der Waals surface area contributed by atoms with E-state index in [9.17, 15) is 21.6 Å². The van der Waals surface area contributed by atoms with Crippen molar-refractivity contribution in [3.8, 4) is 28.1 Å². The van der Waals surface area contributed by atoms with Crippen molar-refractivity contribution in [3.63, 3.8) is 0 Å². The van der Waals surface area contributed by atoms with Gasteiger partial charge in [0.1, 0.15) is 29.2 Å². The molecule has 0 aliphatic carbocycles. The van der Waals surface area contributed by atoms with Crippen LogP contribution in [0.15, 0.2) is 61.1 Å². The third-order valence-corrected chi connectivity index (χ3v) is 15.5. The van der Waals surface area contributed by atoms with Crippen LogP contribution in [0.1, 0.15) is 71.5 Å². The molecule has 5 aromatic rings. The number of nitrogens with one attached hydrogen (secondary N) is 1. The first-order chi connectivity index (χ1) is 25.4. The summed E-state index contributed by atoms with van der Waals surface area (Å²) in [5, 5.41) is 10.1. The number of halogens is 3. The monoisotopic (exact) mass is 785 g/mol. The number of unbranched alkanes of at least 4 members (excludes halogenated alkanes) is 4. The zero-order valence-electron chi connectivity index (χ0n) is 31.9. The van der Waals surface area contributed by atoms with E-state index in [1.807, 2.05) is 15.6 Å². The second-order valence-corrected chi connectivity index (χ2v) is 21.5. The van der Waals surface area contributed by atoms with Crippen molar-refractivity contribution in [1.82, 2.24) is 24.5 Å². The summed E-state index contributed by atoms with van der Waals surface area (Å²) in [6.07, 6.45) is 10.1. The number of sulfonamides is 1. The van der Waals surface area contributed by atoms with Crippen LogP contribution in [0.4, 0.5) is 24.7 Å². The average Bonchev–Trinajstić information content (AvgIpc) is 3.71. The van der Waals surface area contributed by atoms with Crippen LogP contribution in [0.25, 0.3) is 33.3 Å². The fourth-order valence-electron chi connectivity index (χ4n) is 5.87. The predicted molar refractivity (Wildman–Crippen MR) is 210 cm³/mol. The number of aromatic nitrogens is 5. The Balaban J connectivity index is 1.34. The van der Waals surface area contributed by atoms with Crippen molar-refractivity contribution in [2.24, 2.45) is 7.05 Å². The van der Waals surface area contributed by atoms with E-state index in [1.165, 1.54) is 42.5 Å². The second kappa shape index (κ2) is 16.5. The Kier molecular flexibility index (Phi) is 12.5. The summed E-state index contributed by atoms with van der Waals surface area (Å²) in [5.41, 5.74) is 10.00. The number of nitrogen functional groups attached to an aromatic ring is 1. The average molecular weight is 786 g/mol. The first kappa shape index (κ1) is 40.8. The number of hydrogen-bond acceptors (Lipinski definition) is 8. The first-order valence-corrected chi connectivity index (χ1v) is 22.5. The molecule has 5 rings (SSSR count). The van der Waals surface area contributed by atoms with E-state index in [0.29, 0.717) is 27.7 Å². The number of aryl methyl sites for hydroxylation is 2. The quantitative estimate of drug-likeness (QED) is 0.0703. The lowest BCUT2D eigenvalue weighted by molar-refractivity contribution is 0.228. The van der Waals surface area contributed by atoms with Gasteiger partial charge in [0.25, 0.3) is 10.0 Å². The molecule has 0 saturated carbocycles. The molecule has 3 N–H and O–H groups in total. The summed E-state index contributed by atoms with van der Waals surface area (Å²) in [4.78, 5) is 4.48. The Hall–Kier alpha value is -4.41. The van der Waals surface area contributed by atoms with Crippen molar-refractivity contribution in [2.75, 3.05) is 17.1 Å². The minimum Gasteiger partial charge on any atom is -0.484 e. The van der Waals surface area contributed by atoms with E-state index >= 15 is 0 Å². The molecule has 0 spiro atoms. The Bertz CT molecular complexity index is 2170. The van der Waals surface area contributed by atoms with E-state index in [4.69, 9.17) is 20.0 Å². The number of rotatable bonds is 17. The fourth-order valence-corrected chi connectivity index (χ4v) is 7.52. The number of fused-ring (bicyclic) bond motifs is 1. The topological polar surface area (TPSA) is 139 Å². The maximum Gasteiger partial charge on any atom is 0.355 e. The molecule has 0 saturated heterocycles. The third-order valence-electron chi connectivity index (χ3n) is 10.0. The normalized spacial score (nSPS) is 13.2. The maximum absolute atomic E-state index is 13.6. The number of nitrogens with two attached hydrogens (primary N) is 1. The number of hydrogen-bond donors (Lipinski definition) is 2. The van der Waals surface area contributed by atoms with Crippen molar-refractivity contribution in [3.05, 3.63) is 72.4 Å². The molecule has 1 atom stereocenters. The summed E-state index contributed by atoms with van der Waals surface area (Å²) in [6.45, 7) is 14.6. The van der Waals surface area contributed by atoms with E-state index in [-0.39, 0.29) is 22.3 Å². The van der Waals surface area contributed by atoms with Crippen LogP contribution in [-0.4, -0.2) is 53.6 Å². The van der Waals surface area contributed by atoms with E-state index < -0.39 is 36.0 Å². The number of pyridine rings is 1. The standard InChI is InChI=1S/C38H50F3N7O4SSi/c1-25(26-13-16-29(39)17-14-26)52-32-21-27(15-18-31(32)46-53(49,50)37(40)41)34-33-35(47(5)45-34)30(23-43-36(33)42)28-22-44-48(24-28)19-11-9-8-10-12-20-51-54(6,7)38(2,3)4/h13-18,21-25,37,46H,8-12,19-20H2,1-7H3,(H2,42,43)/t25-/m0/s1. The molecular formula is C38H50F3N7O4SSi. The molecule has 3 aromatic heterocycles. The highest BCUT2D eigenvalue weighted by molar-refractivity contribution is 7.93. The van der Waals surface area contributed by atoms with Crippen LogP contribution in [0.3, 0.4) is 0 Å². The summed E-state index contributed by atoms with van der Waals surface area (Å²) < 4.78 is 82.5. The zero-order valence-corrected chi connectivity index (χ0v) is 33.7. The maximum atomic E-state index is 13.6. The highest BCUT2D eigenvalue weighted by Crippen LogP contribution is 2.41. The Morgan fingerprint density at radius 2 is 1.67 bits per heavy atom. The van der Waals surface area contributed by atoms with Gasteiger partial charge in [-0.05, 0) is 67.7 Å². The molecule has 3 heterocycles. The summed E-state index contributed by atoms with van der Waals surface area (Å²) >= 11 is 0. The van der Waals surface area contributed by atoms with Crippen LogP contribution in [0.5, 0.6) is 5.75 Å². The lowest BCUT2D eigenvalue weighted by Crippen LogP contribution is -2.40. The van der Waals surface area contributed by atoms with Crippen molar-refractivity contribution in [1.29, 1.82) is 0 Å². The molecule has 11 nitrogen and oxygen atoms in total. The van der Waals surface area contributed by atoms with Crippen LogP contribution < -0.4 is 15.2 Å². The molecule has 0 bridgehead atoms. The van der Waals surface area contributed by atoms with Crippen molar-refractivity contribution >= 4 is 40.7 Å². The molecule has 16 heteroatoms. The zero-order chi connectivity index (χ0) is 39.4. The van der Waals surface area contributed by atoms with E-state index in [0.717, 1.165) is 56.4 Å². The molecule has 0 fully saturated rings. The SMILES string of the molecule is C[C@H](Oc1cc(-c2nn(C)c3c(-c4cnn(CCCCCCCO[Si](C)(C)C(C)(C)C)c4)cnc(N)c23)ccc1NS(=O)(=O)C(F)F)c1ccc(F)cc1. The highest BCUT2D eigenvalue weighted by Gasteiger charge is 2.36. The van der Waals surface area contributed by atoms with E-state index in [1.54, 1.807) is 31.0 Å². The molecule has 0 amide bonds. The molecule has 0 aliphatic heterocycles. The van der Waals surface area contributed by atoms with Gasteiger partial charge in [0.15, 0.2) is 8.32 Å². The van der Waals surface area contributed by atoms with Gasteiger partial charge in [0, 0.05) is 49.3 Å². The number of anilines is 2. The summed E-state index contributed by atoms with van der Waals surface area (Å²) in [6, 6.07) is 9.91. The van der Waals surface area contributed by atoms with Gasteiger partial charge in [-0.25, -0.2) is 17.8 Å². The van der Waals surface area contributed by atoms with Gasteiger partial charge < -0.3 is 14.9 Å². The highest BCUT2D eigenvalue weighted by atomic mass is 32.2. The van der Waals surface area contributed by atoms with Gasteiger partial charge in [-0.15, -0.1) is 0 Å². The van der Waals surface area contributed by atoms with Gasteiger partial charge >= 0.3 is 5.76 Å².